The minimum Gasteiger partial charge on any atom is -0.381 e. The molecule has 2 aliphatic rings. The summed E-state index contributed by atoms with van der Waals surface area (Å²) in [5, 5.41) is 3.00. The summed E-state index contributed by atoms with van der Waals surface area (Å²) >= 11 is 0. The highest BCUT2D eigenvalue weighted by Gasteiger charge is 2.24. The van der Waals surface area contributed by atoms with Gasteiger partial charge in [0.25, 0.3) is 0 Å². The van der Waals surface area contributed by atoms with Gasteiger partial charge in [0.05, 0.1) is 13.2 Å². The van der Waals surface area contributed by atoms with Crippen molar-refractivity contribution in [1.29, 1.82) is 0 Å². The highest BCUT2D eigenvalue weighted by atomic mass is 16.5. The summed E-state index contributed by atoms with van der Waals surface area (Å²) < 4.78 is 10.9. The SMILES string of the molecule is NC1CCCC(C(=O)NCCCOCC2CCOC2)C1. The predicted octanol–water partition coefficient (Wildman–Crippen LogP) is 1.06. The molecule has 3 N–H and O–H groups in total. The molecule has 0 aromatic carbocycles. The number of nitrogens with two attached hydrogens (primary N) is 1. The van der Waals surface area contributed by atoms with Gasteiger partial charge in [0.1, 0.15) is 0 Å². The molecule has 116 valence electrons. The number of hydrogen-bond donors (Lipinski definition) is 2. The van der Waals surface area contributed by atoms with Crippen molar-refractivity contribution in [2.45, 2.75) is 44.6 Å². The first kappa shape index (κ1) is 15.7. The number of amides is 1. The third kappa shape index (κ3) is 5.38. The van der Waals surface area contributed by atoms with Crippen molar-refractivity contribution >= 4 is 5.91 Å². The molecule has 3 unspecified atom stereocenters. The van der Waals surface area contributed by atoms with Crippen LogP contribution in [0.25, 0.3) is 0 Å². The molecule has 0 radical (unpaired) electrons. The molecule has 3 atom stereocenters. The Bertz CT molecular complexity index is 293. The highest BCUT2D eigenvalue weighted by Crippen LogP contribution is 2.23. The second kappa shape index (κ2) is 8.60. The number of nitrogens with one attached hydrogen (secondary N) is 1. The summed E-state index contributed by atoms with van der Waals surface area (Å²) in [7, 11) is 0. The van der Waals surface area contributed by atoms with Gasteiger partial charge in [-0.25, -0.2) is 0 Å². The fourth-order valence-corrected chi connectivity index (χ4v) is 2.96. The van der Waals surface area contributed by atoms with E-state index in [4.69, 9.17) is 15.2 Å². The van der Waals surface area contributed by atoms with Gasteiger partial charge in [-0.3, -0.25) is 4.79 Å². The van der Waals surface area contributed by atoms with Gasteiger partial charge in [-0.15, -0.1) is 0 Å². The van der Waals surface area contributed by atoms with E-state index in [0.29, 0.717) is 19.1 Å². The van der Waals surface area contributed by atoms with Gasteiger partial charge in [-0.05, 0) is 32.1 Å². The van der Waals surface area contributed by atoms with E-state index in [9.17, 15) is 4.79 Å². The van der Waals surface area contributed by atoms with E-state index in [1.165, 1.54) is 0 Å². The first-order chi connectivity index (χ1) is 9.75. The molecule has 1 amide bonds. The lowest BCUT2D eigenvalue weighted by Crippen LogP contribution is -2.38. The largest absolute Gasteiger partial charge is 0.381 e. The van der Waals surface area contributed by atoms with E-state index < -0.39 is 0 Å². The van der Waals surface area contributed by atoms with Crippen molar-refractivity contribution in [3.63, 3.8) is 0 Å². The molecule has 2 rings (SSSR count). The Morgan fingerprint density at radius 2 is 2.25 bits per heavy atom. The maximum atomic E-state index is 12.0. The van der Waals surface area contributed by atoms with Gasteiger partial charge in [-0.2, -0.15) is 0 Å². The zero-order valence-corrected chi connectivity index (χ0v) is 12.3. The van der Waals surface area contributed by atoms with Crippen LogP contribution in [0.2, 0.25) is 0 Å². The van der Waals surface area contributed by atoms with Crippen molar-refractivity contribution in [2.75, 3.05) is 33.0 Å². The number of ether oxygens (including phenoxy) is 2. The second-order valence-corrected chi connectivity index (χ2v) is 6.07. The van der Waals surface area contributed by atoms with Crippen LogP contribution >= 0.6 is 0 Å². The standard InChI is InChI=1S/C15H28N2O3/c16-14-4-1-3-13(9-14)15(18)17-6-2-7-19-10-12-5-8-20-11-12/h12-14H,1-11,16H2,(H,17,18). The number of carbonyl (C=O) groups excluding carboxylic acids is 1. The smallest absolute Gasteiger partial charge is 0.223 e. The van der Waals surface area contributed by atoms with Crippen LogP contribution in [-0.4, -0.2) is 44.9 Å². The van der Waals surface area contributed by atoms with Gasteiger partial charge in [-0.1, -0.05) is 6.42 Å². The maximum absolute atomic E-state index is 12.0. The molecule has 0 spiro atoms. The van der Waals surface area contributed by atoms with Crippen LogP contribution in [0.3, 0.4) is 0 Å². The summed E-state index contributed by atoms with van der Waals surface area (Å²) in [5.74, 6) is 0.855. The lowest BCUT2D eigenvalue weighted by Gasteiger charge is -2.25. The first-order valence-corrected chi connectivity index (χ1v) is 7.94. The van der Waals surface area contributed by atoms with E-state index in [-0.39, 0.29) is 17.9 Å². The maximum Gasteiger partial charge on any atom is 0.223 e. The monoisotopic (exact) mass is 284 g/mol. The van der Waals surface area contributed by atoms with E-state index >= 15 is 0 Å². The Balaban J connectivity index is 1.46. The van der Waals surface area contributed by atoms with E-state index in [2.05, 4.69) is 5.32 Å². The fraction of sp³-hybridized carbons (Fsp3) is 0.933. The van der Waals surface area contributed by atoms with Crippen molar-refractivity contribution < 1.29 is 14.3 Å². The topological polar surface area (TPSA) is 73.6 Å². The van der Waals surface area contributed by atoms with E-state index in [1.807, 2.05) is 0 Å². The first-order valence-electron chi connectivity index (χ1n) is 7.94. The molecular weight excluding hydrogens is 256 g/mol. The summed E-state index contributed by atoms with van der Waals surface area (Å²) in [6.07, 6.45) is 5.94. The molecule has 5 nitrogen and oxygen atoms in total. The van der Waals surface area contributed by atoms with Gasteiger partial charge in [0.15, 0.2) is 0 Å². The van der Waals surface area contributed by atoms with Gasteiger partial charge in [0.2, 0.25) is 5.91 Å². The number of hydrogen-bond acceptors (Lipinski definition) is 4. The normalized spacial score (nSPS) is 30.4. The molecule has 1 aliphatic heterocycles. The molecule has 1 heterocycles. The molecule has 5 heteroatoms. The summed E-state index contributed by atoms with van der Waals surface area (Å²) in [6.45, 7) is 3.89. The molecule has 20 heavy (non-hydrogen) atoms. The fourth-order valence-electron chi connectivity index (χ4n) is 2.96. The molecule has 0 aromatic heterocycles. The quantitative estimate of drug-likeness (QED) is 0.686. The zero-order valence-electron chi connectivity index (χ0n) is 12.3. The number of rotatable bonds is 7. The lowest BCUT2D eigenvalue weighted by molar-refractivity contribution is -0.126. The second-order valence-electron chi connectivity index (χ2n) is 6.07. The van der Waals surface area contributed by atoms with E-state index in [1.54, 1.807) is 0 Å². The van der Waals surface area contributed by atoms with Crippen molar-refractivity contribution in [3.05, 3.63) is 0 Å². The lowest BCUT2D eigenvalue weighted by atomic mass is 9.85. The van der Waals surface area contributed by atoms with Crippen LogP contribution in [0.5, 0.6) is 0 Å². The summed E-state index contributed by atoms with van der Waals surface area (Å²) in [5.41, 5.74) is 5.91. The third-order valence-electron chi connectivity index (χ3n) is 4.23. The Morgan fingerprint density at radius 3 is 3.00 bits per heavy atom. The van der Waals surface area contributed by atoms with Crippen molar-refractivity contribution in [2.24, 2.45) is 17.6 Å². The van der Waals surface area contributed by atoms with Crippen molar-refractivity contribution in [1.82, 2.24) is 5.32 Å². The minimum absolute atomic E-state index is 0.121. The molecular formula is C15H28N2O3. The van der Waals surface area contributed by atoms with Gasteiger partial charge >= 0.3 is 0 Å². The van der Waals surface area contributed by atoms with Crippen LogP contribution in [0, 0.1) is 11.8 Å². The molecule has 1 saturated heterocycles. The molecule has 2 fully saturated rings. The summed E-state index contributed by atoms with van der Waals surface area (Å²) in [6, 6.07) is 0.205. The third-order valence-corrected chi connectivity index (χ3v) is 4.23. The Labute approximate surface area is 121 Å². The molecule has 0 aromatic rings. The van der Waals surface area contributed by atoms with Crippen LogP contribution in [0.4, 0.5) is 0 Å². The zero-order chi connectivity index (χ0) is 14.2. The van der Waals surface area contributed by atoms with Gasteiger partial charge in [0, 0.05) is 37.6 Å². The minimum atomic E-state index is 0.121. The molecule has 1 saturated carbocycles. The van der Waals surface area contributed by atoms with Gasteiger partial charge < -0.3 is 20.5 Å². The summed E-state index contributed by atoms with van der Waals surface area (Å²) in [4.78, 5) is 12.0. The van der Waals surface area contributed by atoms with Crippen molar-refractivity contribution in [3.8, 4) is 0 Å². The number of carbonyl (C=O) groups is 1. The van der Waals surface area contributed by atoms with E-state index in [0.717, 1.165) is 58.3 Å². The Kier molecular flexibility index (Phi) is 6.76. The predicted molar refractivity (Wildman–Crippen MR) is 77.3 cm³/mol. The Morgan fingerprint density at radius 1 is 1.35 bits per heavy atom. The van der Waals surface area contributed by atoms with Crippen LogP contribution < -0.4 is 11.1 Å². The average Bonchev–Trinajstić information content (AvgIpc) is 2.95. The molecule has 0 bridgehead atoms. The van der Waals surface area contributed by atoms with Crippen LogP contribution in [-0.2, 0) is 14.3 Å². The van der Waals surface area contributed by atoms with Crippen LogP contribution in [0.1, 0.15) is 38.5 Å². The Hall–Kier alpha value is -0.650. The van der Waals surface area contributed by atoms with Crippen LogP contribution in [0.15, 0.2) is 0 Å². The highest BCUT2D eigenvalue weighted by molar-refractivity contribution is 5.78. The molecule has 1 aliphatic carbocycles. The average molecular weight is 284 g/mol.